The van der Waals surface area contributed by atoms with E-state index in [9.17, 15) is 43.2 Å². The van der Waals surface area contributed by atoms with Crippen molar-refractivity contribution in [2.45, 2.75) is 20.8 Å². The smallest absolute Gasteiger partial charge is 0.186 e. The van der Waals surface area contributed by atoms with Crippen LogP contribution in [0.25, 0.3) is 0 Å². The number of nitrogens with one attached hydrogen (secondary N) is 1. The minimum Gasteiger partial charge on any atom is -0.308 e. The molecule has 0 amide bonds. The number of hydrogen-bond acceptors (Lipinski definition) is 5. The van der Waals surface area contributed by atoms with Crippen molar-refractivity contribution in [3.05, 3.63) is 129 Å². The monoisotopic (exact) mass is 741 g/mol. The van der Waals surface area contributed by atoms with Gasteiger partial charge in [0.25, 0.3) is 0 Å². The summed E-state index contributed by atoms with van der Waals surface area (Å²) in [6, 6.07) is 12.9. The fourth-order valence-electron chi connectivity index (χ4n) is 3.92. The molecule has 0 aliphatic heterocycles. The summed E-state index contributed by atoms with van der Waals surface area (Å²) < 4.78 is 132. The quantitative estimate of drug-likeness (QED) is 0.137. The lowest BCUT2D eigenvalue weighted by Crippen LogP contribution is -2.59. The van der Waals surface area contributed by atoms with Gasteiger partial charge in [0.15, 0.2) is 42.9 Å². The molecule has 0 bridgehead atoms. The van der Waals surface area contributed by atoms with Gasteiger partial charge in [-0.2, -0.15) is 0 Å². The summed E-state index contributed by atoms with van der Waals surface area (Å²) >= 11 is 11.4. The van der Waals surface area contributed by atoms with Gasteiger partial charge in [0.2, 0.25) is 0 Å². The number of likely N-dealkylation sites (N-methyl/N-ethyl adjacent to an activating group) is 1. The van der Waals surface area contributed by atoms with Crippen molar-refractivity contribution in [3.8, 4) is 0 Å². The second kappa shape index (κ2) is 17.1. The Morgan fingerprint density at radius 1 is 0.681 bits per heavy atom. The maximum Gasteiger partial charge on any atom is 0.186 e. The van der Waals surface area contributed by atoms with Crippen LogP contribution in [0.5, 0.6) is 0 Å². The van der Waals surface area contributed by atoms with E-state index in [0.717, 1.165) is 0 Å². The maximum absolute atomic E-state index is 14.2. The number of hydrogen-bond donors (Lipinski definition) is 1. The summed E-state index contributed by atoms with van der Waals surface area (Å²) in [7, 11) is -3.30. The van der Waals surface area contributed by atoms with E-state index in [1.165, 1.54) is 53.4 Å². The van der Waals surface area contributed by atoms with Crippen LogP contribution in [0.1, 0.15) is 16.4 Å². The molecule has 0 spiro atoms. The number of benzene rings is 4. The van der Waals surface area contributed by atoms with E-state index in [1.54, 1.807) is 21.1 Å². The summed E-state index contributed by atoms with van der Waals surface area (Å²) in [6.07, 6.45) is 0. The normalized spacial score (nSPS) is 12.0. The third-order valence-electron chi connectivity index (χ3n) is 6.10. The van der Waals surface area contributed by atoms with Crippen molar-refractivity contribution in [3.63, 3.8) is 0 Å². The maximum atomic E-state index is 14.2. The van der Waals surface area contributed by atoms with Gasteiger partial charge in [-0.1, -0.05) is 23.2 Å². The fourth-order valence-corrected chi connectivity index (χ4v) is 7.40. The second-order valence-electron chi connectivity index (χ2n) is 9.89. The predicted molar refractivity (Wildman–Crippen MR) is 169 cm³/mol. The molecule has 1 unspecified atom stereocenters. The molecule has 0 saturated carbocycles. The molecule has 4 rings (SSSR count). The zero-order valence-corrected chi connectivity index (χ0v) is 28.2. The summed E-state index contributed by atoms with van der Waals surface area (Å²) in [4.78, 5) is 3.66. The summed E-state index contributed by atoms with van der Waals surface area (Å²) in [5.74, 6) is -8.79. The number of halogens is 8. The van der Waals surface area contributed by atoms with Crippen LogP contribution in [0, 0.1) is 34.9 Å². The minimum absolute atomic E-state index is 0.148. The van der Waals surface area contributed by atoms with E-state index in [-0.39, 0.29) is 16.3 Å². The van der Waals surface area contributed by atoms with Gasteiger partial charge < -0.3 is 4.90 Å². The van der Waals surface area contributed by atoms with Crippen molar-refractivity contribution < 1.29 is 48.2 Å². The molecule has 0 aliphatic rings. The summed E-state index contributed by atoms with van der Waals surface area (Å²) in [5.41, 5.74) is -1.63. The Bertz CT molecular complexity index is 1910. The van der Waals surface area contributed by atoms with Gasteiger partial charge in [-0.3, -0.25) is 4.99 Å². The topological polar surface area (TPSA) is 85.5 Å². The van der Waals surface area contributed by atoms with E-state index in [4.69, 9.17) is 23.2 Å². The van der Waals surface area contributed by atoms with E-state index in [0.29, 0.717) is 34.3 Å². The Morgan fingerprint density at radius 2 is 1.09 bits per heavy atom. The molecule has 1 atom stereocenters. The fraction of sp³-hybridized carbons (Fsp3) is 0.194. The molecule has 16 heteroatoms. The van der Waals surface area contributed by atoms with E-state index < -0.39 is 76.7 Å². The average molecular weight is 743 g/mol. The zero-order chi connectivity index (χ0) is 35.7. The lowest BCUT2D eigenvalue weighted by Gasteiger charge is -2.23. The highest BCUT2D eigenvalue weighted by atomic mass is 35.5. The van der Waals surface area contributed by atoms with Gasteiger partial charge in [0.1, 0.15) is 30.6 Å². The third-order valence-corrected chi connectivity index (χ3v) is 10.3. The van der Waals surface area contributed by atoms with Crippen LogP contribution < -0.4 is 4.99 Å². The van der Waals surface area contributed by atoms with Gasteiger partial charge >= 0.3 is 0 Å². The Morgan fingerprint density at radius 3 is 1.55 bits per heavy atom. The molecule has 254 valence electrons. The number of nitrogens with zero attached hydrogens (tertiary/aromatic N) is 1. The first-order valence-corrected chi connectivity index (χ1v) is 17.1. The highest BCUT2D eigenvalue weighted by Gasteiger charge is 2.35. The van der Waals surface area contributed by atoms with Crippen LogP contribution in [0.2, 0.25) is 10.0 Å². The molecule has 0 fully saturated rings. The molecule has 0 aromatic heterocycles. The van der Waals surface area contributed by atoms with E-state index in [1.807, 2.05) is 0 Å². The van der Waals surface area contributed by atoms with Crippen LogP contribution >= 0.6 is 23.2 Å². The standard InChI is InChI=1S/C16H15ClF3NO2S.C13H8ClF3O2S.C2H5N/c1-21(2)9-14(15-12(18)7-8-13(19)16(15)20)24(22,23)11-5-3-10(17)4-6-11;14-8-1-3-9(4-2-8)20(18,19)7-10-11(15)5-6-12(16)13(10)17;1-3-2/h3-8,14H,9H2,1-2H3;1-6H,7H2;1H2,2H3/p+1. The summed E-state index contributed by atoms with van der Waals surface area (Å²) in [6.45, 7) is 3.02. The van der Waals surface area contributed by atoms with Crippen LogP contribution in [0.4, 0.5) is 26.3 Å². The Balaban J connectivity index is 0.000000306. The largest absolute Gasteiger partial charge is 0.308 e. The lowest BCUT2D eigenvalue weighted by molar-refractivity contribution is -0.409. The molecule has 6 nitrogen and oxygen atoms in total. The first-order chi connectivity index (χ1) is 21.9. The SMILES string of the molecule is C=[NH+]C.CN(C)CC(c1c(F)ccc(F)c1F)S(=O)(=O)c1ccc(Cl)cc1.O=S(=O)(Cc1c(F)ccc(F)c1F)c1ccc(Cl)cc1. The molecule has 0 radical (unpaired) electrons. The molecular formula is C31H29Cl2F6N2O4S2+. The first-order valence-electron chi connectivity index (χ1n) is 13.2. The highest BCUT2D eigenvalue weighted by molar-refractivity contribution is 7.91. The van der Waals surface area contributed by atoms with Gasteiger partial charge in [0, 0.05) is 27.7 Å². The Hall–Kier alpha value is -3.43. The summed E-state index contributed by atoms with van der Waals surface area (Å²) in [5, 5.41) is -0.960. The first kappa shape index (κ1) is 39.7. The second-order valence-corrected chi connectivity index (χ2v) is 14.9. The van der Waals surface area contributed by atoms with Crippen LogP contribution in [0.3, 0.4) is 0 Å². The average Bonchev–Trinajstić information content (AvgIpc) is 3.00. The Kier molecular flexibility index (Phi) is 14.5. The number of rotatable bonds is 8. The highest BCUT2D eigenvalue weighted by Crippen LogP contribution is 2.34. The zero-order valence-electron chi connectivity index (χ0n) is 25.0. The molecule has 4 aromatic rings. The van der Waals surface area contributed by atoms with Crippen molar-refractivity contribution in [1.29, 1.82) is 0 Å². The van der Waals surface area contributed by atoms with Gasteiger partial charge in [-0.15, -0.1) is 0 Å². The lowest BCUT2D eigenvalue weighted by atomic mass is 10.1. The minimum atomic E-state index is -4.17. The molecule has 1 N–H and O–H groups in total. The molecule has 0 aliphatic carbocycles. The molecule has 4 aromatic carbocycles. The van der Waals surface area contributed by atoms with Crippen molar-refractivity contribution >= 4 is 49.6 Å². The van der Waals surface area contributed by atoms with Crippen LogP contribution in [-0.2, 0) is 25.4 Å². The van der Waals surface area contributed by atoms with Gasteiger partial charge in [0.05, 0.1) is 15.5 Å². The van der Waals surface area contributed by atoms with Crippen molar-refractivity contribution in [2.75, 3.05) is 27.7 Å². The van der Waals surface area contributed by atoms with Crippen LogP contribution in [0.15, 0.2) is 82.6 Å². The van der Waals surface area contributed by atoms with Gasteiger partial charge in [-0.05, 0) is 86.9 Å². The molecular weight excluding hydrogens is 713 g/mol. The van der Waals surface area contributed by atoms with Gasteiger partial charge in [-0.25, -0.2) is 43.2 Å². The predicted octanol–water partition coefficient (Wildman–Crippen LogP) is 5.96. The van der Waals surface area contributed by atoms with E-state index in [2.05, 4.69) is 11.7 Å². The Labute approximate surface area is 279 Å². The third kappa shape index (κ3) is 10.5. The molecule has 0 heterocycles. The van der Waals surface area contributed by atoms with E-state index >= 15 is 0 Å². The molecule has 47 heavy (non-hydrogen) atoms. The number of sulfone groups is 2. The van der Waals surface area contributed by atoms with Crippen molar-refractivity contribution in [1.82, 2.24) is 4.90 Å². The van der Waals surface area contributed by atoms with Crippen LogP contribution in [-0.4, -0.2) is 56.1 Å². The molecule has 0 saturated heterocycles. The van der Waals surface area contributed by atoms with Crippen molar-refractivity contribution in [2.24, 2.45) is 0 Å².